The van der Waals surface area contributed by atoms with Gasteiger partial charge >= 0.3 is 51.4 Å². The van der Waals surface area contributed by atoms with Crippen LogP contribution in [-0.2, 0) is 0 Å². The van der Waals surface area contributed by atoms with E-state index in [1.165, 1.54) is 0 Å². The topological polar surface area (TPSA) is 55.9 Å². The van der Waals surface area contributed by atoms with E-state index in [-0.39, 0.29) is 57.1 Å². The summed E-state index contributed by atoms with van der Waals surface area (Å²) in [5.74, 6) is -1.16. The van der Waals surface area contributed by atoms with E-state index in [1.54, 1.807) is 6.07 Å². The maximum atomic E-state index is 10.2. The van der Waals surface area contributed by atoms with Crippen LogP contribution in [0, 0.1) is 13.8 Å². The maximum Gasteiger partial charge on any atom is 1.00 e. The number of carbonyl (C=O) groups is 1. The zero-order valence-electron chi connectivity index (χ0n) is 6.89. The van der Waals surface area contributed by atoms with Gasteiger partial charge in [-0.3, -0.25) is 0 Å². The molecule has 0 saturated heterocycles. The molecular weight excluding hydrogens is 169 g/mol. The Morgan fingerprint density at radius 2 is 2.09 bits per heavy atom. The van der Waals surface area contributed by atoms with E-state index in [9.17, 15) is 9.90 Å². The number of nitrogens with one attached hydrogen (secondary N) is 1. The van der Waals surface area contributed by atoms with Crippen LogP contribution in [0.15, 0.2) is 6.07 Å². The van der Waals surface area contributed by atoms with Crippen LogP contribution in [-0.4, -0.2) is 11.0 Å². The van der Waals surface area contributed by atoms with Gasteiger partial charge in [-0.2, -0.15) is 0 Å². The fraction of sp³-hybridized carbons (Fsp3) is 0.286. The maximum absolute atomic E-state index is 10.2. The molecule has 0 fully saturated rings. The summed E-state index contributed by atoms with van der Waals surface area (Å²) in [5, 5.41) is 10.2. The molecule has 0 unspecified atom stereocenters. The van der Waals surface area contributed by atoms with Crippen LogP contribution in [0.25, 0.3) is 0 Å². The number of aromatic nitrogens is 1. The molecule has 0 saturated carbocycles. The van der Waals surface area contributed by atoms with Crippen LogP contribution in [0.1, 0.15) is 21.7 Å². The van der Waals surface area contributed by atoms with Gasteiger partial charge in [0.05, 0.1) is 11.7 Å². The van der Waals surface area contributed by atoms with Crippen molar-refractivity contribution in [1.29, 1.82) is 0 Å². The first-order chi connectivity index (χ1) is 4.61. The molecule has 3 nitrogen and oxygen atoms in total. The summed E-state index contributed by atoms with van der Waals surface area (Å²) in [6.45, 7) is 3.67. The van der Waals surface area contributed by atoms with Gasteiger partial charge in [-0.1, -0.05) is 0 Å². The summed E-state index contributed by atoms with van der Waals surface area (Å²) in [6.07, 6.45) is 0. The minimum absolute atomic E-state index is 0. The van der Waals surface area contributed by atoms with Crippen molar-refractivity contribution in [2.75, 3.05) is 0 Å². The first-order valence-electron chi connectivity index (χ1n) is 2.99. The summed E-state index contributed by atoms with van der Waals surface area (Å²) < 4.78 is 0. The van der Waals surface area contributed by atoms with Crippen molar-refractivity contribution in [3.05, 3.63) is 23.0 Å². The molecule has 0 aliphatic carbocycles. The molecule has 4 heteroatoms. The molecule has 1 aromatic heterocycles. The second-order valence-electron chi connectivity index (χ2n) is 2.28. The molecule has 0 aromatic carbocycles. The predicted octanol–water partition coefficient (Wildman–Crippen LogP) is -3.00. The molecule has 11 heavy (non-hydrogen) atoms. The van der Waals surface area contributed by atoms with Gasteiger partial charge in [0.1, 0.15) is 0 Å². The number of aryl methyl sites for hydroxylation is 2. The predicted molar refractivity (Wildman–Crippen MR) is 34.6 cm³/mol. The zero-order valence-corrected chi connectivity index (χ0v) is 10.0. The normalized spacial score (nSPS) is 8.91. The van der Waals surface area contributed by atoms with E-state index in [0.717, 1.165) is 11.3 Å². The van der Waals surface area contributed by atoms with Crippen molar-refractivity contribution in [2.45, 2.75) is 13.8 Å². The van der Waals surface area contributed by atoms with Crippen molar-refractivity contribution < 1.29 is 61.3 Å². The van der Waals surface area contributed by atoms with Crippen molar-refractivity contribution in [3.63, 3.8) is 0 Å². The van der Waals surface area contributed by atoms with Gasteiger partial charge in [0, 0.05) is 5.69 Å². The van der Waals surface area contributed by atoms with Crippen molar-refractivity contribution >= 4 is 5.97 Å². The first-order valence-corrected chi connectivity index (χ1v) is 2.99. The van der Waals surface area contributed by atoms with Crippen molar-refractivity contribution in [1.82, 2.24) is 4.98 Å². The average Bonchev–Trinajstić information content (AvgIpc) is 2.13. The first kappa shape index (κ1) is 11.4. The van der Waals surface area contributed by atoms with Crippen LogP contribution < -0.4 is 56.5 Å². The summed E-state index contributed by atoms with van der Waals surface area (Å²) in [7, 11) is 0. The Bertz CT molecular complexity index is 248. The molecule has 1 N–H and O–H groups in total. The molecule has 1 rings (SSSR count). The van der Waals surface area contributed by atoms with E-state index in [2.05, 4.69) is 4.98 Å². The van der Waals surface area contributed by atoms with Gasteiger partial charge in [-0.25, -0.2) is 0 Å². The minimum Gasteiger partial charge on any atom is -0.543 e. The molecule has 1 heterocycles. The van der Waals surface area contributed by atoms with Gasteiger partial charge in [0.2, 0.25) is 0 Å². The summed E-state index contributed by atoms with van der Waals surface area (Å²) in [4.78, 5) is 12.9. The van der Waals surface area contributed by atoms with Gasteiger partial charge in [0.25, 0.3) is 0 Å². The van der Waals surface area contributed by atoms with Crippen LogP contribution in [0.3, 0.4) is 0 Å². The summed E-state index contributed by atoms with van der Waals surface area (Å²) in [6, 6.07) is 1.56. The van der Waals surface area contributed by atoms with E-state index in [4.69, 9.17) is 0 Å². The molecule has 0 aliphatic rings. The number of hydrogen-bond acceptors (Lipinski definition) is 2. The fourth-order valence-corrected chi connectivity index (χ4v) is 0.771. The van der Waals surface area contributed by atoms with Crippen LogP contribution in [0.2, 0.25) is 0 Å². The SMILES string of the molecule is Cc1cc(C(=O)[O-])[nH]c1C.[K+]. The Hall–Kier alpha value is 0.386. The molecule has 54 valence electrons. The monoisotopic (exact) mass is 177 g/mol. The number of carboxylic acids is 1. The van der Waals surface area contributed by atoms with E-state index in [0.29, 0.717) is 0 Å². The molecule has 0 aliphatic heterocycles. The second-order valence-corrected chi connectivity index (χ2v) is 2.28. The number of rotatable bonds is 1. The van der Waals surface area contributed by atoms with Crippen molar-refractivity contribution in [2.24, 2.45) is 0 Å². The fourth-order valence-electron chi connectivity index (χ4n) is 0.771. The smallest absolute Gasteiger partial charge is 0.543 e. The van der Waals surface area contributed by atoms with Gasteiger partial charge in [-0.05, 0) is 25.5 Å². The molecule has 0 bridgehead atoms. The summed E-state index contributed by atoms with van der Waals surface area (Å²) >= 11 is 0. The Kier molecular flexibility index (Phi) is 4.58. The largest absolute Gasteiger partial charge is 1.00 e. The van der Waals surface area contributed by atoms with Crippen LogP contribution in [0.4, 0.5) is 0 Å². The van der Waals surface area contributed by atoms with Gasteiger partial charge in [-0.15, -0.1) is 0 Å². The van der Waals surface area contributed by atoms with Crippen molar-refractivity contribution in [3.8, 4) is 0 Å². The minimum atomic E-state index is -1.16. The quantitative estimate of drug-likeness (QED) is 0.465. The van der Waals surface area contributed by atoms with E-state index in [1.807, 2.05) is 13.8 Å². The van der Waals surface area contributed by atoms with Crippen LogP contribution >= 0.6 is 0 Å². The zero-order chi connectivity index (χ0) is 7.72. The average molecular weight is 177 g/mol. The number of aromatic amines is 1. The number of H-pyrrole nitrogens is 1. The Morgan fingerprint density at radius 3 is 2.27 bits per heavy atom. The molecule has 1 aromatic rings. The van der Waals surface area contributed by atoms with Crippen LogP contribution in [0.5, 0.6) is 0 Å². The number of hydrogen-bond donors (Lipinski definition) is 1. The number of carbonyl (C=O) groups excluding carboxylic acids is 1. The van der Waals surface area contributed by atoms with E-state index >= 15 is 0 Å². The number of carboxylic acid groups (broad SMARTS) is 1. The Morgan fingerprint density at radius 1 is 1.55 bits per heavy atom. The third-order valence-corrected chi connectivity index (χ3v) is 1.49. The molecule has 0 radical (unpaired) electrons. The summed E-state index contributed by atoms with van der Waals surface area (Å²) in [5.41, 5.74) is 1.97. The molecule has 0 atom stereocenters. The second kappa shape index (κ2) is 4.42. The van der Waals surface area contributed by atoms with Gasteiger partial charge in [0.15, 0.2) is 0 Å². The van der Waals surface area contributed by atoms with Gasteiger partial charge < -0.3 is 14.9 Å². The Balaban J connectivity index is 0.000001000. The molecule has 0 amide bonds. The number of aromatic carboxylic acids is 1. The third kappa shape index (κ3) is 2.72. The van der Waals surface area contributed by atoms with E-state index < -0.39 is 5.97 Å². The third-order valence-electron chi connectivity index (χ3n) is 1.49. The Labute approximate surface area is 108 Å². The standard InChI is InChI=1S/C7H9NO2.K/c1-4-3-6(7(9)10)8-5(4)2;/h3,8H,1-2H3,(H,9,10);/q;+1/p-1. The molecule has 0 spiro atoms. The molecular formula is C7H8KNO2.